The number of amides is 2. The highest BCUT2D eigenvalue weighted by molar-refractivity contribution is 6.01. The van der Waals surface area contributed by atoms with Crippen molar-refractivity contribution in [2.75, 3.05) is 18.9 Å². The van der Waals surface area contributed by atoms with Crippen LogP contribution in [0, 0.1) is 13.8 Å². The van der Waals surface area contributed by atoms with Crippen molar-refractivity contribution in [3.8, 4) is 0 Å². The monoisotopic (exact) mass is 327 g/mol. The number of hydrogen-bond acceptors (Lipinski definition) is 5. The summed E-state index contributed by atoms with van der Waals surface area (Å²) in [5.41, 5.74) is 1.41. The van der Waals surface area contributed by atoms with Crippen molar-refractivity contribution in [3.05, 3.63) is 47.4 Å². The van der Waals surface area contributed by atoms with Crippen LogP contribution in [0.15, 0.2) is 39.3 Å². The number of aryl methyl sites for hydroxylation is 2. The van der Waals surface area contributed by atoms with Gasteiger partial charge in [-0.1, -0.05) is 23.4 Å². The molecule has 0 saturated carbocycles. The predicted octanol–water partition coefficient (Wildman–Crippen LogP) is 2.75. The fourth-order valence-corrected chi connectivity index (χ4v) is 2.45. The Balaban J connectivity index is 1.71. The van der Waals surface area contributed by atoms with Gasteiger partial charge in [0.2, 0.25) is 5.91 Å². The molecule has 7 heteroatoms. The Morgan fingerprint density at radius 3 is 2.67 bits per heavy atom. The number of furan rings is 1. The van der Waals surface area contributed by atoms with Crippen molar-refractivity contribution >= 4 is 28.6 Å². The third-order valence-electron chi connectivity index (χ3n) is 3.66. The highest BCUT2D eigenvalue weighted by atomic mass is 16.5. The normalized spacial score (nSPS) is 10.8. The van der Waals surface area contributed by atoms with E-state index in [0.29, 0.717) is 17.2 Å². The van der Waals surface area contributed by atoms with Crippen molar-refractivity contribution in [1.82, 2.24) is 10.1 Å². The molecule has 0 bridgehead atoms. The van der Waals surface area contributed by atoms with Gasteiger partial charge in [-0.05, 0) is 19.9 Å². The maximum absolute atomic E-state index is 12.5. The lowest BCUT2D eigenvalue weighted by Crippen LogP contribution is -2.35. The summed E-state index contributed by atoms with van der Waals surface area (Å²) in [6, 6.07) is 9.03. The molecule has 7 nitrogen and oxygen atoms in total. The first-order valence-electron chi connectivity index (χ1n) is 7.42. The first kappa shape index (κ1) is 15.8. The molecular weight excluding hydrogens is 310 g/mol. The molecule has 2 heterocycles. The lowest BCUT2D eigenvalue weighted by atomic mass is 10.1. The number of nitrogens with one attached hydrogen (secondary N) is 1. The molecule has 0 aliphatic heterocycles. The number of benzene rings is 1. The summed E-state index contributed by atoms with van der Waals surface area (Å²) in [6.45, 7) is 3.43. The number of likely N-dealkylation sites (N-methyl/N-ethyl adjacent to an activating group) is 1. The summed E-state index contributed by atoms with van der Waals surface area (Å²) in [6.07, 6.45) is 0. The average Bonchev–Trinajstić information content (AvgIpc) is 3.10. The van der Waals surface area contributed by atoms with Crippen molar-refractivity contribution in [3.63, 3.8) is 0 Å². The molecule has 1 aromatic carbocycles. The summed E-state index contributed by atoms with van der Waals surface area (Å²) < 4.78 is 10.5. The molecule has 2 aromatic heterocycles. The Morgan fingerprint density at radius 1 is 1.25 bits per heavy atom. The molecule has 24 heavy (non-hydrogen) atoms. The minimum absolute atomic E-state index is 0.124. The van der Waals surface area contributed by atoms with Crippen molar-refractivity contribution in [1.29, 1.82) is 0 Å². The molecular formula is C17H17N3O4. The molecule has 2 amide bonds. The van der Waals surface area contributed by atoms with E-state index in [4.69, 9.17) is 8.94 Å². The fourth-order valence-electron chi connectivity index (χ4n) is 2.45. The van der Waals surface area contributed by atoms with Crippen LogP contribution < -0.4 is 5.32 Å². The molecule has 0 aliphatic carbocycles. The minimum atomic E-state index is -0.368. The molecule has 0 fully saturated rings. The van der Waals surface area contributed by atoms with Crippen LogP contribution in [-0.2, 0) is 4.79 Å². The number of carbonyl (C=O) groups is 2. The zero-order valence-corrected chi connectivity index (χ0v) is 13.6. The van der Waals surface area contributed by atoms with Crippen molar-refractivity contribution < 1.29 is 18.5 Å². The fraction of sp³-hybridized carbons (Fsp3) is 0.235. The number of hydrogen-bond donors (Lipinski definition) is 1. The zero-order valence-electron chi connectivity index (χ0n) is 13.6. The molecule has 124 valence electrons. The van der Waals surface area contributed by atoms with Crippen LogP contribution in [0.5, 0.6) is 0 Å². The van der Waals surface area contributed by atoms with Crippen molar-refractivity contribution in [2.24, 2.45) is 0 Å². The zero-order chi connectivity index (χ0) is 17.3. The largest absolute Gasteiger partial charge is 0.451 e. The number of aromatic nitrogens is 1. The standard InChI is InChI=1S/C17H17N3O4/c1-10-8-14(19-24-10)18-15(21)9-20(3)17(22)16-11(2)12-6-4-5-7-13(12)23-16/h4-8H,9H2,1-3H3,(H,18,19,21). The first-order valence-corrected chi connectivity index (χ1v) is 7.42. The third-order valence-corrected chi connectivity index (χ3v) is 3.66. The van der Waals surface area contributed by atoms with Crippen molar-refractivity contribution in [2.45, 2.75) is 13.8 Å². The van der Waals surface area contributed by atoms with Gasteiger partial charge < -0.3 is 19.2 Å². The van der Waals surface area contributed by atoms with E-state index in [-0.39, 0.29) is 24.1 Å². The molecule has 3 rings (SSSR count). The molecule has 3 aromatic rings. The highest BCUT2D eigenvalue weighted by Crippen LogP contribution is 2.25. The second kappa shape index (κ2) is 6.19. The van der Waals surface area contributed by atoms with Crippen LogP contribution in [-0.4, -0.2) is 35.5 Å². The van der Waals surface area contributed by atoms with Gasteiger partial charge in [-0.25, -0.2) is 0 Å². The summed E-state index contributed by atoms with van der Waals surface area (Å²) in [5.74, 6) is 0.428. The van der Waals surface area contributed by atoms with E-state index in [2.05, 4.69) is 10.5 Å². The van der Waals surface area contributed by atoms with E-state index < -0.39 is 0 Å². The Morgan fingerprint density at radius 2 is 2.00 bits per heavy atom. The van der Waals surface area contributed by atoms with Gasteiger partial charge in [0, 0.05) is 24.1 Å². The number of para-hydroxylation sites is 1. The number of nitrogens with zero attached hydrogens (tertiary/aromatic N) is 2. The summed E-state index contributed by atoms with van der Waals surface area (Å²) in [5, 5.41) is 7.14. The molecule has 0 saturated heterocycles. The van der Waals surface area contributed by atoms with Gasteiger partial charge in [-0.2, -0.15) is 0 Å². The number of fused-ring (bicyclic) bond motifs is 1. The summed E-state index contributed by atoms with van der Waals surface area (Å²) in [4.78, 5) is 25.9. The van der Waals surface area contributed by atoms with E-state index in [1.54, 1.807) is 26.1 Å². The van der Waals surface area contributed by atoms with Crippen LogP contribution in [0.2, 0.25) is 0 Å². The van der Waals surface area contributed by atoms with E-state index >= 15 is 0 Å². The van der Waals surface area contributed by atoms with Gasteiger partial charge in [0.1, 0.15) is 17.9 Å². The average molecular weight is 327 g/mol. The highest BCUT2D eigenvalue weighted by Gasteiger charge is 2.22. The number of anilines is 1. The van der Waals surface area contributed by atoms with Gasteiger partial charge in [0.05, 0.1) is 0 Å². The molecule has 1 N–H and O–H groups in total. The van der Waals surface area contributed by atoms with E-state index in [1.165, 1.54) is 4.90 Å². The summed E-state index contributed by atoms with van der Waals surface area (Å²) in [7, 11) is 1.54. The number of rotatable bonds is 4. The summed E-state index contributed by atoms with van der Waals surface area (Å²) >= 11 is 0. The van der Waals surface area contributed by atoms with Crippen LogP contribution in [0.25, 0.3) is 11.0 Å². The quantitative estimate of drug-likeness (QED) is 0.796. The Labute approximate surface area is 138 Å². The Kier molecular flexibility index (Phi) is 4.07. The van der Waals surface area contributed by atoms with Gasteiger partial charge in [0.15, 0.2) is 11.6 Å². The lowest BCUT2D eigenvalue weighted by Gasteiger charge is -2.15. The van der Waals surface area contributed by atoms with E-state index in [9.17, 15) is 9.59 Å². The van der Waals surface area contributed by atoms with Gasteiger partial charge >= 0.3 is 0 Å². The van der Waals surface area contributed by atoms with Crippen LogP contribution in [0.1, 0.15) is 21.9 Å². The Bertz CT molecular complexity index is 910. The SMILES string of the molecule is Cc1cc(NC(=O)CN(C)C(=O)c2oc3ccccc3c2C)no1. The second-order valence-corrected chi connectivity index (χ2v) is 5.58. The molecule has 0 unspecified atom stereocenters. The van der Waals surface area contributed by atoms with Crippen LogP contribution in [0.4, 0.5) is 5.82 Å². The van der Waals surface area contributed by atoms with Gasteiger partial charge in [-0.15, -0.1) is 0 Å². The number of carbonyl (C=O) groups excluding carboxylic acids is 2. The lowest BCUT2D eigenvalue weighted by molar-refractivity contribution is -0.116. The maximum atomic E-state index is 12.5. The first-order chi connectivity index (χ1) is 11.5. The van der Waals surface area contributed by atoms with Gasteiger partial charge in [-0.3, -0.25) is 9.59 Å². The van der Waals surface area contributed by atoms with E-state index in [1.807, 2.05) is 25.1 Å². The molecule has 0 radical (unpaired) electrons. The molecule has 0 atom stereocenters. The minimum Gasteiger partial charge on any atom is -0.451 e. The van der Waals surface area contributed by atoms with Crippen LogP contribution >= 0.6 is 0 Å². The van der Waals surface area contributed by atoms with Gasteiger partial charge in [0.25, 0.3) is 5.91 Å². The molecule has 0 spiro atoms. The topological polar surface area (TPSA) is 88.6 Å². The third kappa shape index (κ3) is 3.01. The molecule has 0 aliphatic rings. The Hall–Kier alpha value is -3.09. The van der Waals surface area contributed by atoms with E-state index in [0.717, 1.165) is 10.9 Å². The maximum Gasteiger partial charge on any atom is 0.290 e. The van der Waals surface area contributed by atoms with Crippen LogP contribution in [0.3, 0.4) is 0 Å². The smallest absolute Gasteiger partial charge is 0.290 e. The second-order valence-electron chi connectivity index (χ2n) is 5.58. The predicted molar refractivity (Wildman–Crippen MR) is 87.8 cm³/mol.